The monoisotopic (exact) mass is 464 g/mol. The van der Waals surface area contributed by atoms with E-state index < -0.39 is 33.8 Å². The zero-order valence-corrected chi connectivity index (χ0v) is 18.6. The number of nitrogens with one attached hydrogen (secondary N) is 2. The van der Waals surface area contributed by atoms with Crippen molar-refractivity contribution < 1.29 is 27.1 Å². The molecule has 1 aliphatic rings. The normalized spacial score (nSPS) is 17.0. The molecule has 32 heavy (non-hydrogen) atoms. The summed E-state index contributed by atoms with van der Waals surface area (Å²) in [5.74, 6) is -0.443. The van der Waals surface area contributed by atoms with E-state index in [2.05, 4.69) is 10.6 Å². The number of carbonyl (C=O) groups excluding carboxylic acids is 2. The first kappa shape index (κ1) is 23.5. The number of benzene rings is 2. The number of rotatable bonds is 6. The van der Waals surface area contributed by atoms with Gasteiger partial charge in [0, 0.05) is 32.4 Å². The van der Waals surface area contributed by atoms with E-state index in [-0.39, 0.29) is 24.5 Å². The number of sulfonamides is 1. The number of carbonyl (C=O) groups is 2. The van der Waals surface area contributed by atoms with E-state index in [0.29, 0.717) is 18.0 Å². The van der Waals surface area contributed by atoms with E-state index in [4.69, 9.17) is 4.74 Å². The van der Waals surface area contributed by atoms with Gasteiger partial charge < -0.3 is 20.3 Å². The first-order valence-electron chi connectivity index (χ1n) is 10.0. The highest BCUT2D eigenvalue weighted by molar-refractivity contribution is 7.89. The van der Waals surface area contributed by atoms with Gasteiger partial charge in [-0.05, 0) is 55.5 Å². The molecule has 2 aromatic carbocycles. The SMILES string of the molecule is CCOc1ccc(NC(=O)N2CCN(S(=O)(=O)c3ccc(F)cc3)C(C(=O)NC)C2)cc1. The Morgan fingerprint density at radius 2 is 1.75 bits per heavy atom. The lowest BCUT2D eigenvalue weighted by atomic mass is 10.2. The molecule has 0 spiro atoms. The zero-order chi connectivity index (χ0) is 23.3. The maximum Gasteiger partial charge on any atom is 0.321 e. The predicted molar refractivity (Wildman–Crippen MR) is 116 cm³/mol. The number of hydrogen-bond acceptors (Lipinski definition) is 5. The molecule has 2 N–H and O–H groups in total. The number of anilines is 1. The van der Waals surface area contributed by atoms with Gasteiger partial charge in [-0.3, -0.25) is 4.79 Å². The van der Waals surface area contributed by atoms with Crippen molar-refractivity contribution >= 4 is 27.6 Å². The Bertz CT molecular complexity index is 1060. The van der Waals surface area contributed by atoms with Crippen LogP contribution in [0.4, 0.5) is 14.9 Å². The standard InChI is InChI=1S/C21H25FN4O5S/c1-3-31-17-8-6-16(7-9-17)24-21(28)25-12-13-26(19(14-25)20(27)23-2)32(29,30)18-10-4-15(22)5-11-18/h4-11,19H,3,12-14H2,1-2H3,(H,23,27)(H,24,28). The Kier molecular flexibility index (Phi) is 7.31. The zero-order valence-electron chi connectivity index (χ0n) is 17.7. The van der Waals surface area contributed by atoms with Crippen LogP contribution in [0.25, 0.3) is 0 Å². The van der Waals surface area contributed by atoms with Crippen LogP contribution in [-0.2, 0) is 14.8 Å². The smallest absolute Gasteiger partial charge is 0.321 e. The Morgan fingerprint density at radius 3 is 2.34 bits per heavy atom. The minimum absolute atomic E-state index is 0.0801. The third kappa shape index (κ3) is 5.17. The molecule has 3 rings (SSSR count). The Balaban J connectivity index is 1.75. The summed E-state index contributed by atoms with van der Waals surface area (Å²) in [5, 5.41) is 5.19. The summed E-state index contributed by atoms with van der Waals surface area (Å²) in [6.07, 6.45) is 0. The number of ether oxygens (including phenoxy) is 1. The van der Waals surface area contributed by atoms with Gasteiger partial charge in [0.05, 0.1) is 11.5 Å². The van der Waals surface area contributed by atoms with Crippen molar-refractivity contribution in [2.75, 3.05) is 38.6 Å². The molecular weight excluding hydrogens is 439 g/mol. The summed E-state index contributed by atoms with van der Waals surface area (Å²) in [5.41, 5.74) is 0.538. The van der Waals surface area contributed by atoms with Crippen LogP contribution in [-0.4, -0.2) is 68.9 Å². The molecule has 9 nitrogen and oxygen atoms in total. The molecule has 1 heterocycles. The molecule has 0 saturated carbocycles. The van der Waals surface area contributed by atoms with E-state index in [1.54, 1.807) is 24.3 Å². The molecule has 1 fully saturated rings. The number of halogens is 1. The highest BCUT2D eigenvalue weighted by atomic mass is 32.2. The van der Waals surface area contributed by atoms with E-state index >= 15 is 0 Å². The second kappa shape index (κ2) is 9.96. The van der Waals surface area contributed by atoms with E-state index in [1.165, 1.54) is 11.9 Å². The fourth-order valence-electron chi connectivity index (χ4n) is 3.36. The van der Waals surface area contributed by atoms with Gasteiger partial charge in [0.25, 0.3) is 0 Å². The van der Waals surface area contributed by atoms with Crippen LogP contribution in [0.1, 0.15) is 6.92 Å². The molecule has 3 amide bonds. The summed E-state index contributed by atoms with van der Waals surface area (Å²) in [4.78, 5) is 26.5. The van der Waals surface area contributed by atoms with Crippen LogP contribution in [0.15, 0.2) is 53.4 Å². The summed E-state index contributed by atoms with van der Waals surface area (Å²) in [7, 11) is -2.67. The van der Waals surface area contributed by atoms with Gasteiger partial charge in [0.2, 0.25) is 15.9 Å². The van der Waals surface area contributed by atoms with Crippen molar-refractivity contribution in [2.45, 2.75) is 17.9 Å². The van der Waals surface area contributed by atoms with Crippen LogP contribution in [0.2, 0.25) is 0 Å². The highest BCUT2D eigenvalue weighted by Crippen LogP contribution is 2.23. The van der Waals surface area contributed by atoms with Gasteiger partial charge in [-0.1, -0.05) is 0 Å². The first-order valence-corrected chi connectivity index (χ1v) is 11.5. The van der Waals surface area contributed by atoms with Gasteiger partial charge in [0.15, 0.2) is 0 Å². The lowest BCUT2D eigenvalue weighted by molar-refractivity contribution is -0.125. The van der Waals surface area contributed by atoms with E-state index in [9.17, 15) is 22.4 Å². The van der Waals surface area contributed by atoms with Gasteiger partial charge in [-0.15, -0.1) is 0 Å². The molecule has 1 unspecified atom stereocenters. The fourth-order valence-corrected chi connectivity index (χ4v) is 4.93. The average molecular weight is 465 g/mol. The maximum absolute atomic E-state index is 13.2. The Labute approximate surface area is 186 Å². The van der Waals surface area contributed by atoms with Crippen LogP contribution in [0, 0.1) is 5.82 Å². The third-order valence-corrected chi connectivity index (χ3v) is 6.93. The highest BCUT2D eigenvalue weighted by Gasteiger charge is 2.41. The van der Waals surface area contributed by atoms with Crippen LogP contribution in [0.5, 0.6) is 5.75 Å². The van der Waals surface area contributed by atoms with Gasteiger partial charge >= 0.3 is 6.03 Å². The second-order valence-corrected chi connectivity index (χ2v) is 8.92. The number of amides is 3. The predicted octanol–water partition coefficient (Wildman–Crippen LogP) is 1.88. The Morgan fingerprint density at radius 1 is 1.09 bits per heavy atom. The number of urea groups is 1. The number of hydrogen-bond donors (Lipinski definition) is 2. The molecule has 1 aliphatic heterocycles. The topological polar surface area (TPSA) is 108 Å². The van der Waals surface area contributed by atoms with Crippen LogP contribution < -0.4 is 15.4 Å². The fraction of sp³-hybridized carbons (Fsp3) is 0.333. The molecule has 0 aromatic heterocycles. The Hall–Kier alpha value is -3.18. The lowest BCUT2D eigenvalue weighted by Gasteiger charge is -2.39. The molecule has 2 aromatic rings. The quantitative estimate of drug-likeness (QED) is 0.679. The van der Waals surface area contributed by atoms with Crippen molar-refractivity contribution in [3.05, 3.63) is 54.3 Å². The summed E-state index contributed by atoms with van der Waals surface area (Å²) in [6.45, 7) is 2.25. The number of piperazine rings is 1. The molecule has 1 saturated heterocycles. The maximum atomic E-state index is 13.2. The lowest BCUT2D eigenvalue weighted by Crippen LogP contribution is -2.61. The first-order chi connectivity index (χ1) is 15.3. The van der Waals surface area contributed by atoms with Crippen molar-refractivity contribution in [1.82, 2.24) is 14.5 Å². The minimum Gasteiger partial charge on any atom is -0.494 e. The molecule has 11 heteroatoms. The van der Waals surface area contributed by atoms with Gasteiger partial charge in [0.1, 0.15) is 17.6 Å². The molecule has 0 radical (unpaired) electrons. The van der Waals surface area contributed by atoms with E-state index in [1.807, 2.05) is 6.92 Å². The van der Waals surface area contributed by atoms with Gasteiger partial charge in [-0.25, -0.2) is 17.6 Å². The molecule has 1 atom stereocenters. The van der Waals surface area contributed by atoms with Gasteiger partial charge in [-0.2, -0.15) is 4.31 Å². The van der Waals surface area contributed by atoms with Crippen molar-refractivity contribution in [2.24, 2.45) is 0 Å². The number of likely N-dealkylation sites (N-methyl/N-ethyl adjacent to an activating group) is 1. The van der Waals surface area contributed by atoms with Crippen LogP contribution >= 0.6 is 0 Å². The summed E-state index contributed by atoms with van der Waals surface area (Å²) < 4.78 is 45.8. The second-order valence-electron chi connectivity index (χ2n) is 7.03. The van der Waals surface area contributed by atoms with E-state index in [0.717, 1.165) is 28.6 Å². The van der Waals surface area contributed by atoms with Crippen molar-refractivity contribution in [1.29, 1.82) is 0 Å². The molecule has 0 aliphatic carbocycles. The molecule has 172 valence electrons. The summed E-state index contributed by atoms with van der Waals surface area (Å²) >= 11 is 0. The largest absolute Gasteiger partial charge is 0.494 e. The third-order valence-electron chi connectivity index (χ3n) is 5.00. The van der Waals surface area contributed by atoms with Crippen molar-refractivity contribution in [3.63, 3.8) is 0 Å². The van der Waals surface area contributed by atoms with Crippen molar-refractivity contribution in [3.8, 4) is 5.75 Å². The van der Waals surface area contributed by atoms with Crippen LogP contribution in [0.3, 0.4) is 0 Å². The average Bonchev–Trinajstić information content (AvgIpc) is 2.80. The number of nitrogens with zero attached hydrogens (tertiary/aromatic N) is 2. The molecular formula is C21H25FN4O5S. The minimum atomic E-state index is -4.07. The molecule has 0 bridgehead atoms. The summed E-state index contributed by atoms with van der Waals surface area (Å²) in [6, 6.07) is 9.62.